The first-order valence-electron chi connectivity index (χ1n) is 6.78. The molecule has 1 aliphatic heterocycles. The molecule has 2 unspecified atom stereocenters. The summed E-state index contributed by atoms with van der Waals surface area (Å²) in [5.74, 6) is 0. The second-order valence-electron chi connectivity index (χ2n) is 5.68. The first kappa shape index (κ1) is 13.2. The summed E-state index contributed by atoms with van der Waals surface area (Å²) in [6, 6.07) is 6.21. The molecule has 0 spiro atoms. The van der Waals surface area contributed by atoms with Crippen molar-refractivity contribution in [1.29, 1.82) is 0 Å². The van der Waals surface area contributed by atoms with Gasteiger partial charge in [-0.2, -0.15) is 4.98 Å². The summed E-state index contributed by atoms with van der Waals surface area (Å²) in [7, 11) is 4.05. The molecular weight excluding hydrogens is 256 g/mol. The second kappa shape index (κ2) is 4.96. The van der Waals surface area contributed by atoms with Crippen LogP contribution in [0.25, 0.3) is 11.1 Å². The van der Waals surface area contributed by atoms with E-state index in [9.17, 15) is 5.11 Å². The van der Waals surface area contributed by atoms with E-state index in [0.717, 1.165) is 24.1 Å². The molecule has 108 valence electrons. The fourth-order valence-electron chi connectivity index (χ4n) is 2.78. The number of fused-ring (bicyclic) bond motifs is 1. The van der Waals surface area contributed by atoms with Gasteiger partial charge in [0.05, 0.1) is 6.10 Å². The molecule has 2 atom stereocenters. The van der Waals surface area contributed by atoms with E-state index in [2.05, 4.69) is 9.88 Å². The number of nitrogens with zero attached hydrogens (tertiary/aromatic N) is 3. The molecule has 6 heteroatoms. The van der Waals surface area contributed by atoms with Crippen LogP contribution < -0.4 is 10.6 Å². The summed E-state index contributed by atoms with van der Waals surface area (Å²) in [6.07, 6.45) is 0.402. The summed E-state index contributed by atoms with van der Waals surface area (Å²) in [5.41, 5.74) is 7.91. The lowest BCUT2D eigenvalue weighted by Crippen LogP contribution is -2.37. The van der Waals surface area contributed by atoms with Crippen LogP contribution in [0.4, 0.5) is 11.7 Å². The molecule has 6 nitrogen and oxygen atoms in total. The van der Waals surface area contributed by atoms with Crippen LogP contribution in [0.2, 0.25) is 0 Å². The number of hydrogen-bond donors (Lipinski definition) is 2. The lowest BCUT2D eigenvalue weighted by atomic mass is 10.2. The second-order valence-corrected chi connectivity index (χ2v) is 5.68. The zero-order valence-corrected chi connectivity index (χ0v) is 11.8. The number of rotatable bonds is 3. The highest BCUT2D eigenvalue weighted by atomic mass is 16.4. The number of nitrogen functional groups attached to an aromatic ring is 1. The molecule has 1 fully saturated rings. The van der Waals surface area contributed by atoms with Crippen molar-refractivity contribution in [3.8, 4) is 0 Å². The number of likely N-dealkylation sites (N-methyl/N-ethyl adjacent to an activating group) is 1. The lowest BCUT2D eigenvalue weighted by Gasteiger charge is -2.25. The SMILES string of the molecule is CN(C)CC1CC(O)CN1c1nc2cc(N)ccc2o1. The van der Waals surface area contributed by atoms with Crippen LogP contribution in [0.3, 0.4) is 0 Å². The van der Waals surface area contributed by atoms with Gasteiger partial charge in [0.1, 0.15) is 5.52 Å². The van der Waals surface area contributed by atoms with Gasteiger partial charge in [-0.25, -0.2) is 0 Å². The molecule has 3 N–H and O–H groups in total. The van der Waals surface area contributed by atoms with E-state index in [1.165, 1.54) is 0 Å². The van der Waals surface area contributed by atoms with Crippen molar-refractivity contribution in [2.75, 3.05) is 37.8 Å². The quantitative estimate of drug-likeness (QED) is 0.811. The maximum absolute atomic E-state index is 9.91. The van der Waals surface area contributed by atoms with Gasteiger partial charge in [-0.1, -0.05) is 0 Å². The maximum Gasteiger partial charge on any atom is 0.298 e. The third kappa shape index (κ3) is 2.44. The molecule has 1 aromatic heterocycles. The van der Waals surface area contributed by atoms with Crippen LogP contribution in [-0.4, -0.2) is 54.3 Å². The van der Waals surface area contributed by atoms with Gasteiger partial charge < -0.3 is 25.1 Å². The Morgan fingerprint density at radius 1 is 1.50 bits per heavy atom. The number of aliphatic hydroxyl groups excluding tert-OH is 1. The molecule has 3 rings (SSSR count). The van der Waals surface area contributed by atoms with Crippen molar-refractivity contribution in [2.24, 2.45) is 0 Å². The van der Waals surface area contributed by atoms with E-state index in [4.69, 9.17) is 10.2 Å². The Hall–Kier alpha value is -1.79. The lowest BCUT2D eigenvalue weighted by molar-refractivity contribution is 0.191. The van der Waals surface area contributed by atoms with Crippen LogP contribution in [0.15, 0.2) is 22.6 Å². The fraction of sp³-hybridized carbons (Fsp3) is 0.500. The zero-order valence-electron chi connectivity index (χ0n) is 11.8. The summed E-state index contributed by atoms with van der Waals surface area (Å²) in [6.45, 7) is 1.42. The molecule has 1 aromatic carbocycles. The maximum atomic E-state index is 9.91. The fourth-order valence-corrected chi connectivity index (χ4v) is 2.78. The monoisotopic (exact) mass is 276 g/mol. The molecule has 1 saturated heterocycles. The van der Waals surface area contributed by atoms with Crippen molar-refractivity contribution in [3.05, 3.63) is 18.2 Å². The van der Waals surface area contributed by atoms with Gasteiger partial charge >= 0.3 is 0 Å². The van der Waals surface area contributed by atoms with Gasteiger partial charge in [-0.05, 0) is 38.7 Å². The predicted octanol–water partition coefficient (Wildman–Crippen LogP) is 0.911. The van der Waals surface area contributed by atoms with Crippen LogP contribution in [-0.2, 0) is 0 Å². The molecule has 2 heterocycles. The van der Waals surface area contributed by atoms with Crippen LogP contribution in [0.1, 0.15) is 6.42 Å². The Morgan fingerprint density at radius 3 is 3.05 bits per heavy atom. The molecule has 20 heavy (non-hydrogen) atoms. The number of oxazole rings is 1. The number of nitrogens with two attached hydrogens (primary N) is 1. The van der Waals surface area contributed by atoms with Crippen LogP contribution >= 0.6 is 0 Å². The van der Waals surface area contributed by atoms with Gasteiger partial charge in [-0.15, -0.1) is 0 Å². The van der Waals surface area contributed by atoms with Gasteiger partial charge in [0.25, 0.3) is 6.01 Å². The van der Waals surface area contributed by atoms with Gasteiger partial charge in [0, 0.05) is 24.8 Å². The number of anilines is 2. The minimum Gasteiger partial charge on any atom is -0.423 e. The number of aliphatic hydroxyl groups is 1. The molecule has 0 saturated carbocycles. The van der Waals surface area contributed by atoms with E-state index in [-0.39, 0.29) is 12.1 Å². The van der Waals surface area contributed by atoms with Crippen molar-refractivity contribution in [1.82, 2.24) is 9.88 Å². The molecule has 2 aromatic rings. The van der Waals surface area contributed by atoms with Crippen LogP contribution in [0, 0.1) is 0 Å². The van der Waals surface area contributed by atoms with E-state index >= 15 is 0 Å². The first-order chi connectivity index (χ1) is 9.52. The predicted molar refractivity (Wildman–Crippen MR) is 78.7 cm³/mol. The third-order valence-electron chi connectivity index (χ3n) is 3.61. The van der Waals surface area contributed by atoms with E-state index in [0.29, 0.717) is 18.2 Å². The van der Waals surface area contributed by atoms with Gasteiger partial charge in [0.15, 0.2) is 5.58 Å². The van der Waals surface area contributed by atoms with E-state index in [1.807, 2.05) is 25.1 Å². The Bertz CT molecular complexity index is 610. The molecular formula is C14H20N4O2. The Balaban J connectivity index is 1.92. The van der Waals surface area contributed by atoms with Crippen molar-refractivity contribution >= 4 is 22.8 Å². The summed E-state index contributed by atoms with van der Waals surface area (Å²) >= 11 is 0. The molecule has 0 bridgehead atoms. The smallest absolute Gasteiger partial charge is 0.298 e. The average Bonchev–Trinajstić information content (AvgIpc) is 2.91. The minimum atomic E-state index is -0.333. The van der Waals surface area contributed by atoms with E-state index in [1.54, 1.807) is 12.1 Å². The van der Waals surface area contributed by atoms with Gasteiger partial charge in [0.2, 0.25) is 0 Å². The average molecular weight is 276 g/mol. The summed E-state index contributed by atoms with van der Waals surface area (Å²) in [4.78, 5) is 8.65. The Morgan fingerprint density at radius 2 is 2.30 bits per heavy atom. The number of benzene rings is 1. The standard InChI is InChI=1S/C14H20N4O2/c1-17(2)7-10-6-11(19)8-18(10)14-16-12-5-9(15)3-4-13(12)20-14/h3-5,10-11,19H,6-8,15H2,1-2H3. The van der Waals surface area contributed by atoms with Crippen molar-refractivity contribution < 1.29 is 9.52 Å². The Labute approximate surface area is 117 Å². The van der Waals surface area contributed by atoms with Crippen molar-refractivity contribution in [3.63, 3.8) is 0 Å². The third-order valence-corrected chi connectivity index (χ3v) is 3.61. The molecule has 1 aliphatic rings. The van der Waals surface area contributed by atoms with E-state index < -0.39 is 0 Å². The highest BCUT2D eigenvalue weighted by molar-refractivity contribution is 5.78. The summed E-state index contributed by atoms with van der Waals surface area (Å²) < 4.78 is 5.80. The zero-order chi connectivity index (χ0) is 14.3. The number of aromatic nitrogens is 1. The molecule has 0 amide bonds. The Kier molecular flexibility index (Phi) is 3.27. The highest BCUT2D eigenvalue weighted by Gasteiger charge is 2.34. The molecule has 0 aliphatic carbocycles. The largest absolute Gasteiger partial charge is 0.423 e. The normalized spacial score (nSPS) is 23.1. The number of hydrogen-bond acceptors (Lipinski definition) is 6. The summed E-state index contributed by atoms with van der Waals surface area (Å²) in [5, 5.41) is 9.91. The topological polar surface area (TPSA) is 78.8 Å². The van der Waals surface area contributed by atoms with Crippen LogP contribution in [0.5, 0.6) is 0 Å². The highest BCUT2D eigenvalue weighted by Crippen LogP contribution is 2.29. The van der Waals surface area contributed by atoms with Gasteiger partial charge in [-0.3, -0.25) is 0 Å². The number of β-amino-alcohol motifs (C(OH)–C–C–N with tert-alkyl or cyclic N) is 1. The van der Waals surface area contributed by atoms with Crippen molar-refractivity contribution in [2.45, 2.75) is 18.6 Å². The minimum absolute atomic E-state index is 0.213. The molecule has 0 radical (unpaired) electrons. The first-order valence-corrected chi connectivity index (χ1v) is 6.78.